The molecule has 0 saturated heterocycles. The second-order valence-corrected chi connectivity index (χ2v) is 6.00. The molecule has 0 fully saturated rings. The average molecular weight is 296 g/mol. The van der Waals surface area contributed by atoms with Gasteiger partial charge >= 0.3 is 0 Å². The molecule has 0 aliphatic carbocycles. The maximum absolute atomic E-state index is 10.9. The Hall–Kier alpha value is -2.93. The van der Waals surface area contributed by atoms with E-state index in [4.69, 9.17) is 0 Å². The minimum atomic E-state index is 0.714. The summed E-state index contributed by atoms with van der Waals surface area (Å²) >= 11 is 0. The van der Waals surface area contributed by atoms with E-state index in [2.05, 4.69) is 61.5 Å². The van der Waals surface area contributed by atoms with Crippen molar-refractivity contribution >= 4 is 27.8 Å². The monoisotopic (exact) mass is 296 g/mol. The van der Waals surface area contributed by atoms with Gasteiger partial charge in [0.2, 0.25) is 0 Å². The van der Waals surface area contributed by atoms with Crippen LogP contribution in [0.4, 0.5) is 0 Å². The van der Waals surface area contributed by atoms with E-state index >= 15 is 0 Å². The molecule has 0 radical (unpaired) electrons. The van der Waals surface area contributed by atoms with Gasteiger partial charge in [0.25, 0.3) is 0 Å². The molecule has 110 valence electrons. The van der Waals surface area contributed by atoms with E-state index in [9.17, 15) is 4.79 Å². The fourth-order valence-electron chi connectivity index (χ4n) is 3.06. The van der Waals surface area contributed by atoms with Crippen molar-refractivity contribution in [3.05, 3.63) is 83.9 Å². The van der Waals surface area contributed by atoms with Crippen LogP contribution in [-0.2, 0) is 0 Å². The predicted molar refractivity (Wildman–Crippen MR) is 97.0 cm³/mol. The molecule has 0 unspecified atom stereocenters. The molecule has 23 heavy (non-hydrogen) atoms. The summed E-state index contributed by atoms with van der Waals surface area (Å²) in [6.45, 7) is 2.12. The number of carbonyl (C=O) groups is 1. The Kier molecular flexibility index (Phi) is 3.20. The largest absolute Gasteiger partial charge is 0.298 e. The first-order valence-corrected chi connectivity index (χ1v) is 7.73. The molecule has 0 heterocycles. The van der Waals surface area contributed by atoms with E-state index in [1.807, 2.05) is 18.2 Å². The van der Waals surface area contributed by atoms with Gasteiger partial charge in [-0.1, -0.05) is 60.2 Å². The Morgan fingerprint density at radius 1 is 0.609 bits per heavy atom. The van der Waals surface area contributed by atoms with E-state index in [0.29, 0.717) is 5.56 Å². The molecule has 1 nitrogen and oxygen atoms in total. The zero-order chi connectivity index (χ0) is 15.8. The van der Waals surface area contributed by atoms with Crippen LogP contribution in [0.25, 0.3) is 32.7 Å². The van der Waals surface area contributed by atoms with Gasteiger partial charge in [0.1, 0.15) is 6.29 Å². The number of hydrogen-bond donors (Lipinski definition) is 0. The molecule has 0 aliphatic rings. The summed E-state index contributed by atoms with van der Waals surface area (Å²) in [5, 5.41) is 4.77. The van der Waals surface area contributed by atoms with E-state index in [1.54, 1.807) is 0 Å². The normalized spacial score (nSPS) is 11.0. The standard InChI is InChI=1S/C22H16O/c1-15-2-4-19-12-21(8-6-17(19)10-15)22-9-7-18-11-16(14-23)3-5-20(18)13-22/h2-14H,1H3. The maximum atomic E-state index is 10.9. The van der Waals surface area contributed by atoms with Gasteiger partial charge in [-0.15, -0.1) is 0 Å². The lowest BCUT2D eigenvalue weighted by atomic mass is 9.97. The molecule has 0 aromatic heterocycles. The number of benzene rings is 4. The lowest BCUT2D eigenvalue weighted by Gasteiger charge is -2.07. The van der Waals surface area contributed by atoms with Gasteiger partial charge in [0, 0.05) is 5.56 Å². The molecule has 0 saturated carbocycles. The van der Waals surface area contributed by atoms with Crippen molar-refractivity contribution in [2.75, 3.05) is 0 Å². The Morgan fingerprint density at radius 2 is 1.13 bits per heavy atom. The van der Waals surface area contributed by atoms with Crippen LogP contribution in [0, 0.1) is 6.92 Å². The lowest BCUT2D eigenvalue weighted by molar-refractivity contribution is 0.112. The average Bonchev–Trinajstić information content (AvgIpc) is 2.60. The SMILES string of the molecule is Cc1ccc2cc(-c3ccc4cc(C=O)ccc4c3)ccc2c1. The van der Waals surface area contributed by atoms with Gasteiger partial charge in [-0.2, -0.15) is 0 Å². The summed E-state index contributed by atoms with van der Waals surface area (Å²) in [5.74, 6) is 0. The molecule has 0 amide bonds. The molecule has 4 aromatic rings. The highest BCUT2D eigenvalue weighted by Gasteiger charge is 2.03. The summed E-state index contributed by atoms with van der Waals surface area (Å²) < 4.78 is 0. The van der Waals surface area contributed by atoms with Crippen LogP contribution < -0.4 is 0 Å². The quantitative estimate of drug-likeness (QED) is 0.428. The van der Waals surface area contributed by atoms with Crippen molar-refractivity contribution in [2.24, 2.45) is 0 Å². The van der Waals surface area contributed by atoms with Crippen LogP contribution in [0.5, 0.6) is 0 Å². The van der Waals surface area contributed by atoms with E-state index in [0.717, 1.165) is 17.1 Å². The second kappa shape index (κ2) is 5.36. The zero-order valence-electron chi connectivity index (χ0n) is 12.9. The van der Waals surface area contributed by atoms with E-state index < -0.39 is 0 Å². The summed E-state index contributed by atoms with van der Waals surface area (Å²) in [6.07, 6.45) is 0.888. The minimum absolute atomic E-state index is 0.714. The van der Waals surface area contributed by atoms with Crippen LogP contribution in [-0.4, -0.2) is 6.29 Å². The Morgan fingerprint density at radius 3 is 1.78 bits per heavy atom. The summed E-state index contributed by atoms with van der Waals surface area (Å²) in [4.78, 5) is 10.9. The number of carbonyl (C=O) groups excluding carboxylic acids is 1. The van der Waals surface area contributed by atoms with Gasteiger partial charge in [-0.05, 0) is 57.8 Å². The lowest BCUT2D eigenvalue weighted by Crippen LogP contribution is -1.83. The summed E-state index contributed by atoms with van der Waals surface area (Å²) in [5.41, 5.74) is 4.40. The van der Waals surface area contributed by atoms with Crippen molar-refractivity contribution < 1.29 is 4.79 Å². The Bertz CT molecular complexity index is 1040. The molecule has 0 aliphatic heterocycles. The van der Waals surface area contributed by atoms with E-state index in [-0.39, 0.29) is 0 Å². The highest BCUT2D eigenvalue weighted by molar-refractivity contribution is 5.93. The summed E-state index contributed by atoms with van der Waals surface area (Å²) in [6, 6.07) is 25.3. The highest BCUT2D eigenvalue weighted by atomic mass is 16.1. The molecule has 0 atom stereocenters. The first kappa shape index (κ1) is 13.7. The van der Waals surface area contributed by atoms with Crippen molar-refractivity contribution in [2.45, 2.75) is 6.92 Å². The predicted octanol–water partition coefficient (Wildman–Crippen LogP) is 5.78. The summed E-state index contributed by atoms with van der Waals surface area (Å²) in [7, 11) is 0. The van der Waals surface area contributed by atoms with Crippen LogP contribution in [0.3, 0.4) is 0 Å². The Balaban J connectivity index is 1.84. The highest BCUT2D eigenvalue weighted by Crippen LogP contribution is 2.28. The number of hydrogen-bond acceptors (Lipinski definition) is 1. The first-order valence-electron chi connectivity index (χ1n) is 7.73. The van der Waals surface area contributed by atoms with Gasteiger partial charge in [-0.3, -0.25) is 4.79 Å². The topological polar surface area (TPSA) is 17.1 Å². The second-order valence-electron chi connectivity index (χ2n) is 6.00. The maximum Gasteiger partial charge on any atom is 0.150 e. The van der Waals surface area contributed by atoms with Gasteiger partial charge < -0.3 is 0 Å². The molecule has 4 rings (SSSR count). The fraction of sp³-hybridized carbons (Fsp3) is 0.0455. The van der Waals surface area contributed by atoms with E-state index in [1.165, 1.54) is 27.5 Å². The third-order valence-electron chi connectivity index (χ3n) is 4.33. The molecule has 4 aromatic carbocycles. The van der Waals surface area contributed by atoms with Crippen molar-refractivity contribution in [3.8, 4) is 11.1 Å². The van der Waals surface area contributed by atoms with Gasteiger partial charge in [0.05, 0.1) is 0 Å². The molecule has 0 spiro atoms. The third-order valence-corrected chi connectivity index (χ3v) is 4.33. The van der Waals surface area contributed by atoms with Gasteiger partial charge in [-0.25, -0.2) is 0 Å². The number of aldehydes is 1. The van der Waals surface area contributed by atoms with Crippen molar-refractivity contribution in [1.29, 1.82) is 0 Å². The van der Waals surface area contributed by atoms with Crippen LogP contribution >= 0.6 is 0 Å². The Labute approximate surface area is 135 Å². The minimum Gasteiger partial charge on any atom is -0.298 e. The molecule has 1 heteroatoms. The zero-order valence-corrected chi connectivity index (χ0v) is 12.9. The van der Waals surface area contributed by atoms with Gasteiger partial charge in [0.15, 0.2) is 0 Å². The molecular formula is C22H16O. The third kappa shape index (κ3) is 2.51. The number of aryl methyl sites for hydroxylation is 1. The molecular weight excluding hydrogens is 280 g/mol. The smallest absolute Gasteiger partial charge is 0.150 e. The number of rotatable bonds is 2. The van der Waals surface area contributed by atoms with Crippen molar-refractivity contribution in [1.82, 2.24) is 0 Å². The number of fused-ring (bicyclic) bond motifs is 2. The van der Waals surface area contributed by atoms with Crippen LogP contribution in [0.15, 0.2) is 72.8 Å². The molecule has 0 bridgehead atoms. The van der Waals surface area contributed by atoms with Crippen LogP contribution in [0.2, 0.25) is 0 Å². The van der Waals surface area contributed by atoms with Crippen LogP contribution in [0.1, 0.15) is 15.9 Å². The fourth-order valence-corrected chi connectivity index (χ4v) is 3.06. The first-order chi connectivity index (χ1) is 11.2. The molecule has 0 N–H and O–H groups in total. The van der Waals surface area contributed by atoms with Crippen molar-refractivity contribution in [3.63, 3.8) is 0 Å².